The molecule has 0 aromatic rings. The second-order valence-corrected chi connectivity index (χ2v) is 7.38. The second-order valence-electron chi connectivity index (χ2n) is 5.97. The quantitative estimate of drug-likeness (QED) is 0.591. The van der Waals surface area contributed by atoms with Crippen LogP contribution in [0.2, 0.25) is 0 Å². The Morgan fingerprint density at radius 1 is 1.45 bits per heavy atom. The van der Waals surface area contributed by atoms with E-state index in [1.807, 2.05) is 13.8 Å². The Morgan fingerprint density at radius 2 is 2.14 bits per heavy atom. The molecule has 0 aromatic carbocycles. The molecule has 0 aliphatic carbocycles. The number of likely N-dealkylation sites (tertiary alicyclic amines) is 1. The number of carbonyl (C=O) groups is 1. The number of rotatable bonds is 10. The molecule has 0 radical (unpaired) electrons. The maximum Gasteiger partial charge on any atom is 0.302 e. The Hall–Kier alpha value is -0.730. The van der Waals surface area contributed by atoms with Gasteiger partial charge < -0.3 is 14.9 Å². The lowest BCUT2D eigenvalue weighted by Gasteiger charge is -2.26. The zero-order chi connectivity index (χ0) is 16.8. The average Bonchev–Trinajstić information content (AvgIpc) is 2.76. The first kappa shape index (κ1) is 19.3. The SMILES string of the molecule is CCN(CCO)CCCC(C)N1CC(CS(=O)(=O)F)CC1=O. The number of aliphatic hydroxyl groups excluding tert-OH is 1. The van der Waals surface area contributed by atoms with Crippen LogP contribution in [0.25, 0.3) is 0 Å². The van der Waals surface area contributed by atoms with Gasteiger partial charge in [-0.2, -0.15) is 8.42 Å². The van der Waals surface area contributed by atoms with E-state index in [0.29, 0.717) is 13.1 Å². The van der Waals surface area contributed by atoms with Crippen molar-refractivity contribution in [2.24, 2.45) is 5.92 Å². The lowest BCUT2D eigenvalue weighted by atomic mass is 10.1. The van der Waals surface area contributed by atoms with Gasteiger partial charge in [0.1, 0.15) is 0 Å². The molecule has 1 amide bonds. The van der Waals surface area contributed by atoms with Gasteiger partial charge in [0.25, 0.3) is 0 Å². The van der Waals surface area contributed by atoms with Crippen LogP contribution in [0.1, 0.15) is 33.1 Å². The van der Waals surface area contributed by atoms with Crippen LogP contribution in [0.3, 0.4) is 0 Å². The molecule has 22 heavy (non-hydrogen) atoms. The summed E-state index contributed by atoms with van der Waals surface area (Å²) < 4.78 is 34.1. The normalized spacial score (nSPS) is 20.9. The molecular formula is C14H27FN2O4S. The highest BCUT2D eigenvalue weighted by molar-refractivity contribution is 7.86. The summed E-state index contributed by atoms with van der Waals surface area (Å²) in [6.45, 7) is 6.78. The monoisotopic (exact) mass is 338 g/mol. The van der Waals surface area contributed by atoms with Gasteiger partial charge in [0.2, 0.25) is 5.91 Å². The van der Waals surface area contributed by atoms with E-state index in [4.69, 9.17) is 5.11 Å². The maximum absolute atomic E-state index is 12.7. The van der Waals surface area contributed by atoms with E-state index in [0.717, 1.165) is 25.9 Å². The maximum atomic E-state index is 12.7. The van der Waals surface area contributed by atoms with Gasteiger partial charge in [0, 0.05) is 31.5 Å². The standard InChI is InChI=1S/C14H27FN2O4S/c1-3-16(7-8-18)6-4-5-12(2)17-10-13(9-14(17)19)11-22(15,20)21/h12-13,18H,3-11H2,1-2H3. The van der Waals surface area contributed by atoms with E-state index >= 15 is 0 Å². The predicted molar refractivity (Wildman–Crippen MR) is 82.6 cm³/mol. The fourth-order valence-electron chi connectivity index (χ4n) is 2.96. The third kappa shape index (κ3) is 6.58. The number of likely N-dealkylation sites (N-methyl/N-ethyl adjacent to an activating group) is 1. The minimum Gasteiger partial charge on any atom is -0.395 e. The lowest BCUT2D eigenvalue weighted by Crippen LogP contribution is -2.36. The predicted octanol–water partition coefficient (Wildman–Crippen LogP) is 0.617. The fraction of sp³-hybridized carbons (Fsp3) is 0.929. The van der Waals surface area contributed by atoms with Crippen LogP contribution in [-0.2, 0) is 15.0 Å². The minimum atomic E-state index is -4.53. The Labute approximate surface area is 132 Å². The van der Waals surface area contributed by atoms with Gasteiger partial charge in [0.15, 0.2) is 0 Å². The summed E-state index contributed by atoms with van der Waals surface area (Å²) in [7, 11) is -4.53. The third-order valence-corrected chi connectivity index (χ3v) is 5.03. The molecule has 6 nitrogen and oxygen atoms in total. The molecule has 0 saturated carbocycles. The van der Waals surface area contributed by atoms with Crippen LogP contribution in [0.15, 0.2) is 0 Å². The van der Waals surface area contributed by atoms with Crippen molar-refractivity contribution < 1.29 is 22.2 Å². The first-order chi connectivity index (χ1) is 10.3. The first-order valence-electron chi connectivity index (χ1n) is 7.81. The zero-order valence-corrected chi connectivity index (χ0v) is 14.2. The number of amides is 1. The lowest BCUT2D eigenvalue weighted by molar-refractivity contribution is -0.129. The van der Waals surface area contributed by atoms with Crippen LogP contribution in [0.4, 0.5) is 3.89 Å². The highest BCUT2D eigenvalue weighted by Crippen LogP contribution is 2.23. The largest absolute Gasteiger partial charge is 0.395 e. The molecule has 8 heteroatoms. The van der Waals surface area contributed by atoms with Crippen LogP contribution < -0.4 is 0 Å². The Bertz CT molecular complexity index is 458. The number of hydrogen-bond acceptors (Lipinski definition) is 5. The van der Waals surface area contributed by atoms with E-state index in [1.54, 1.807) is 4.90 Å². The number of halogens is 1. The van der Waals surface area contributed by atoms with E-state index in [-0.39, 0.29) is 25.0 Å². The molecule has 2 atom stereocenters. The van der Waals surface area contributed by atoms with Crippen LogP contribution in [0, 0.1) is 5.92 Å². The van der Waals surface area contributed by atoms with E-state index < -0.39 is 21.9 Å². The van der Waals surface area contributed by atoms with Crippen molar-refractivity contribution in [2.45, 2.75) is 39.2 Å². The van der Waals surface area contributed by atoms with Crippen LogP contribution in [0.5, 0.6) is 0 Å². The molecule has 130 valence electrons. The molecule has 1 fully saturated rings. The third-order valence-electron chi connectivity index (χ3n) is 4.17. The Morgan fingerprint density at radius 3 is 2.68 bits per heavy atom. The summed E-state index contributed by atoms with van der Waals surface area (Å²) in [6.07, 6.45) is 1.81. The smallest absolute Gasteiger partial charge is 0.302 e. The van der Waals surface area contributed by atoms with Gasteiger partial charge >= 0.3 is 10.2 Å². The summed E-state index contributed by atoms with van der Waals surface area (Å²) >= 11 is 0. The van der Waals surface area contributed by atoms with Crippen molar-refractivity contribution >= 4 is 16.1 Å². The van der Waals surface area contributed by atoms with Crippen molar-refractivity contribution in [1.29, 1.82) is 0 Å². The van der Waals surface area contributed by atoms with Gasteiger partial charge in [0.05, 0.1) is 12.4 Å². The number of nitrogens with zero attached hydrogens (tertiary/aromatic N) is 2. The van der Waals surface area contributed by atoms with Crippen molar-refractivity contribution in [2.75, 3.05) is 38.5 Å². The highest BCUT2D eigenvalue weighted by atomic mass is 32.3. The fourth-order valence-corrected chi connectivity index (χ4v) is 3.75. The Balaban J connectivity index is 2.39. The molecule has 0 aromatic heterocycles. The molecule has 1 aliphatic rings. The summed E-state index contributed by atoms with van der Waals surface area (Å²) in [5.41, 5.74) is 0. The Kier molecular flexibility index (Phi) is 7.71. The molecule has 1 saturated heterocycles. The molecule has 0 spiro atoms. The van der Waals surface area contributed by atoms with Gasteiger partial charge in [-0.15, -0.1) is 3.89 Å². The summed E-state index contributed by atoms with van der Waals surface area (Å²) in [5.74, 6) is -1.10. The summed E-state index contributed by atoms with van der Waals surface area (Å²) in [4.78, 5) is 15.7. The number of aliphatic hydroxyl groups is 1. The summed E-state index contributed by atoms with van der Waals surface area (Å²) in [5, 5.41) is 8.93. The highest BCUT2D eigenvalue weighted by Gasteiger charge is 2.34. The molecule has 0 bridgehead atoms. The van der Waals surface area contributed by atoms with Gasteiger partial charge in [-0.05, 0) is 32.9 Å². The van der Waals surface area contributed by atoms with Gasteiger partial charge in [-0.3, -0.25) is 4.79 Å². The topological polar surface area (TPSA) is 77.9 Å². The molecule has 1 rings (SSSR count). The second kappa shape index (κ2) is 8.79. The van der Waals surface area contributed by atoms with Gasteiger partial charge in [-0.25, -0.2) is 0 Å². The van der Waals surface area contributed by atoms with Crippen molar-refractivity contribution in [3.63, 3.8) is 0 Å². The molecule has 1 heterocycles. The minimum absolute atomic E-state index is 0.0210. The van der Waals surface area contributed by atoms with Crippen molar-refractivity contribution in [3.8, 4) is 0 Å². The summed E-state index contributed by atoms with van der Waals surface area (Å²) in [6, 6.07) is 0.0210. The molecular weight excluding hydrogens is 311 g/mol. The zero-order valence-electron chi connectivity index (χ0n) is 13.4. The van der Waals surface area contributed by atoms with Crippen LogP contribution in [-0.4, -0.2) is 73.8 Å². The van der Waals surface area contributed by atoms with Gasteiger partial charge in [-0.1, -0.05) is 6.92 Å². The van der Waals surface area contributed by atoms with E-state index in [2.05, 4.69) is 4.90 Å². The first-order valence-corrected chi connectivity index (χ1v) is 9.37. The van der Waals surface area contributed by atoms with Crippen molar-refractivity contribution in [1.82, 2.24) is 9.80 Å². The number of hydrogen-bond donors (Lipinski definition) is 1. The van der Waals surface area contributed by atoms with Crippen molar-refractivity contribution in [3.05, 3.63) is 0 Å². The number of carbonyl (C=O) groups excluding carboxylic acids is 1. The molecule has 2 unspecified atom stereocenters. The van der Waals surface area contributed by atoms with E-state index in [1.165, 1.54) is 0 Å². The molecule has 1 aliphatic heterocycles. The van der Waals surface area contributed by atoms with E-state index in [9.17, 15) is 17.1 Å². The van der Waals surface area contributed by atoms with Crippen LogP contribution >= 0.6 is 0 Å². The molecule has 1 N–H and O–H groups in total. The average molecular weight is 338 g/mol.